The molecule has 5 nitrogen and oxygen atoms in total. The van der Waals surface area contributed by atoms with Crippen LogP contribution in [0.15, 0.2) is 24.3 Å². The first kappa shape index (κ1) is 16.7. The molecule has 0 bridgehead atoms. The standard InChI is InChI=1S/C16H20ClNO4S/c17-13-5-3-12(4-6-13)16(19)18(10-15-2-1-8-22-15)14-7-9-23(20,21)11-14/h3-6,14-15H,1-2,7-11H2. The SMILES string of the molecule is O=C(c1ccc(Cl)cc1)N(CC1CCCO1)C1CCS(=O)(=O)C1. The number of carbonyl (C=O) groups excluding carboxylic acids is 1. The number of hydrogen-bond acceptors (Lipinski definition) is 4. The number of nitrogens with zero attached hydrogens (tertiary/aromatic N) is 1. The molecule has 2 atom stereocenters. The Balaban J connectivity index is 1.81. The van der Waals surface area contributed by atoms with Gasteiger partial charge in [0.2, 0.25) is 0 Å². The monoisotopic (exact) mass is 357 g/mol. The molecule has 0 aromatic heterocycles. The molecule has 1 aromatic carbocycles. The molecule has 1 amide bonds. The fourth-order valence-electron chi connectivity index (χ4n) is 3.19. The molecule has 2 unspecified atom stereocenters. The van der Waals surface area contributed by atoms with Gasteiger partial charge in [-0.05, 0) is 43.5 Å². The quantitative estimate of drug-likeness (QED) is 0.828. The molecular formula is C16H20ClNO4S. The predicted octanol–water partition coefficient (Wildman–Crippen LogP) is 2.15. The van der Waals surface area contributed by atoms with E-state index in [1.807, 2.05) is 0 Å². The van der Waals surface area contributed by atoms with Gasteiger partial charge in [-0.2, -0.15) is 0 Å². The van der Waals surface area contributed by atoms with Crippen LogP contribution in [0.25, 0.3) is 0 Å². The molecule has 2 aliphatic rings. The summed E-state index contributed by atoms with van der Waals surface area (Å²) < 4.78 is 29.2. The Bertz CT molecular complexity index is 668. The number of ether oxygens (including phenoxy) is 1. The second-order valence-corrected chi connectivity index (χ2v) is 8.82. The molecule has 126 valence electrons. The minimum absolute atomic E-state index is 0.00504. The van der Waals surface area contributed by atoms with Crippen molar-refractivity contribution in [2.75, 3.05) is 24.7 Å². The van der Waals surface area contributed by atoms with E-state index < -0.39 is 9.84 Å². The van der Waals surface area contributed by atoms with E-state index in [-0.39, 0.29) is 29.6 Å². The van der Waals surface area contributed by atoms with Gasteiger partial charge in [0.1, 0.15) is 0 Å². The zero-order valence-electron chi connectivity index (χ0n) is 12.8. The van der Waals surface area contributed by atoms with Crippen LogP contribution in [0.3, 0.4) is 0 Å². The third-order valence-corrected chi connectivity index (χ3v) is 6.43. The van der Waals surface area contributed by atoms with Gasteiger partial charge < -0.3 is 9.64 Å². The lowest BCUT2D eigenvalue weighted by molar-refractivity contribution is 0.0441. The van der Waals surface area contributed by atoms with Crippen LogP contribution >= 0.6 is 11.6 Å². The summed E-state index contributed by atoms with van der Waals surface area (Å²) in [4.78, 5) is 14.6. The van der Waals surface area contributed by atoms with E-state index in [1.165, 1.54) is 0 Å². The average molecular weight is 358 g/mol. The van der Waals surface area contributed by atoms with Gasteiger partial charge in [0.25, 0.3) is 5.91 Å². The summed E-state index contributed by atoms with van der Waals surface area (Å²) in [6.07, 6.45) is 2.38. The van der Waals surface area contributed by atoms with Gasteiger partial charge in [-0.15, -0.1) is 0 Å². The first-order valence-corrected chi connectivity index (χ1v) is 10.0. The fraction of sp³-hybridized carbons (Fsp3) is 0.562. The third-order valence-electron chi connectivity index (χ3n) is 4.43. The van der Waals surface area contributed by atoms with Crippen LogP contribution in [0.2, 0.25) is 5.02 Å². The minimum Gasteiger partial charge on any atom is -0.376 e. The van der Waals surface area contributed by atoms with Crippen molar-refractivity contribution in [1.29, 1.82) is 0 Å². The molecule has 2 fully saturated rings. The summed E-state index contributed by atoms with van der Waals surface area (Å²) >= 11 is 5.87. The average Bonchev–Trinajstić information content (AvgIpc) is 3.14. The number of amides is 1. The predicted molar refractivity (Wildman–Crippen MR) is 88.5 cm³/mol. The van der Waals surface area contributed by atoms with Gasteiger partial charge in [-0.25, -0.2) is 8.42 Å². The van der Waals surface area contributed by atoms with E-state index in [4.69, 9.17) is 16.3 Å². The van der Waals surface area contributed by atoms with Gasteiger partial charge in [0, 0.05) is 29.8 Å². The van der Waals surface area contributed by atoms with Crippen molar-refractivity contribution in [1.82, 2.24) is 4.90 Å². The van der Waals surface area contributed by atoms with E-state index in [2.05, 4.69) is 0 Å². The van der Waals surface area contributed by atoms with Crippen molar-refractivity contribution >= 4 is 27.3 Å². The van der Waals surface area contributed by atoms with Crippen molar-refractivity contribution in [2.45, 2.75) is 31.4 Å². The zero-order chi connectivity index (χ0) is 16.4. The summed E-state index contributed by atoms with van der Waals surface area (Å²) in [6, 6.07) is 6.43. The maximum absolute atomic E-state index is 12.9. The third kappa shape index (κ3) is 4.05. The maximum atomic E-state index is 12.9. The lowest BCUT2D eigenvalue weighted by atomic mass is 10.1. The van der Waals surface area contributed by atoms with Crippen LogP contribution in [-0.2, 0) is 14.6 Å². The molecule has 3 rings (SSSR count). The van der Waals surface area contributed by atoms with Crippen molar-refractivity contribution < 1.29 is 17.9 Å². The Morgan fingerprint density at radius 3 is 2.57 bits per heavy atom. The van der Waals surface area contributed by atoms with E-state index in [9.17, 15) is 13.2 Å². The molecule has 0 spiro atoms. The fourth-order valence-corrected chi connectivity index (χ4v) is 5.04. The number of benzene rings is 1. The molecule has 2 aliphatic heterocycles. The Morgan fingerprint density at radius 2 is 2.00 bits per heavy atom. The summed E-state index contributed by atoms with van der Waals surface area (Å²) in [5.74, 6) is 0.0337. The number of hydrogen-bond donors (Lipinski definition) is 0. The van der Waals surface area contributed by atoms with E-state index in [0.717, 1.165) is 12.8 Å². The number of sulfone groups is 1. The van der Waals surface area contributed by atoms with Crippen molar-refractivity contribution in [3.63, 3.8) is 0 Å². The second-order valence-electron chi connectivity index (χ2n) is 6.16. The normalized spacial score (nSPS) is 26.3. The molecule has 1 aromatic rings. The van der Waals surface area contributed by atoms with Crippen LogP contribution in [0.5, 0.6) is 0 Å². The van der Waals surface area contributed by atoms with E-state index in [1.54, 1.807) is 29.2 Å². The van der Waals surface area contributed by atoms with Gasteiger partial charge in [-0.3, -0.25) is 4.79 Å². The topological polar surface area (TPSA) is 63.7 Å². The molecule has 23 heavy (non-hydrogen) atoms. The van der Waals surface area contributed by atoms with E-state index >= 15 is 0 Å². The Kier molecular flexibility index (Phi) is 4.94. The van der Waals surface area contributed by atoms with Crippen LogP contribution in [0.1, 0.15) is 29.6 Å². The number of halogens is 1. The second kappa shape index (κ2) is 6.79. The number of carbonyl (C=O) groups is 1. The highest BCUT2D eigenvalue weighted by Gasteiger charge is 2.36. The smallest absolute Gasteiger partial charge is 0.254 e. The molecule has 0 saturated carbocycles. The zero-order valence-corrected chi connectivity index (χ0v) is 14.4. The van der Waals surface area contributed by atoms with Crippen LogP contribution in [-0.4, -0.2) is 56.0 Å². The highest BCUT2D eigenvalue weighted by atomic mass is 35.5. The van der Waals surface area contributed by atoms with Crippen LogP contribution in [0.4, 0.5) is 0 Å². The van der Waals surface area contributed by atoms with Crippen molar-refractivity contribution in [3.05, 3.63) is 34.9 Å². The van der Waals surface area contributed by atoms with E-state index in [0.29, 0.717) is 30.2 Å². The summed E-state index contributed by atoms with van der Waals surface area (Å²) in [5.41, 5.74) is 0.525. The highest BCUT2D eigenvalue weighted by Crippen LogP contribution is 2.23. The minimum atomic E-state index is -3.05. The van der Waals surface area contributed by atoms with Crippen LogP contribution < -0.4 is 0 Å². The molecular weight excluding hydrogens is 338 g/mol. The first-order valence-electron chi connectivity index (χ1n) is 7.83. The Labute approximate surface area is 141 Å². The summed E-state index contributed by atoms with van der Waals surface area (Å²) in [7, 11) is -3.05. The van der Waals surface area contributed by atoms with Gasteiger partial charge >= 0.3 is 0 Å². The van der Waals surface area contributed by atoms with Crippen molar-refractivity contribution in [3.8, 4) is 0 Å². The first-order chi connectivity index (χ1) is 10.9. The lowest BCUT2D eigenvalue weighted by Crippen LogP contribution is -2.45. The largest absolute Gasteiger partial charge is 0.376 e. The van der Waals surface area contributed by atoms with Gasteiger partial charge in [0.05, 0.1) is 17.6 Å². The maximum Gasteiger partial charge on any atom is 0.254 e. The number of rotatable bonds is 4. The molecule has 2 heterocycles. The lowest BCUT2D eigenvalue weighted by Gasteiger charge is -2.30. The Morgan fingerprint density at radius 1 is 1.26 bits per heavy atom. The molecule has 0 radical (unpaired) electrons. The highest BCUT2D eigenvalue weighted by molar-refractivity contribution is 7.91. The summed E-state index contributed by atoms with van der Waals surface area (Å²) in [6.45, 7) is 1.15. The molecule has 7 heteroatoms. The van der Waals surface area contributed by atoms with Gasteiger partial charge in [0.15, 0.2) is 9.84 Å². The van der Waals surface area contributed by atoms with Crippen molar-refractivity contribution in [2.24, 2.45) is 0 Å². The molecule has 0 aliphatic carbocycles. The Hall–Kier alpha value is -1.11. The molecule has 0 N–H and O–H groups in total. The summed E-state index contributed by atoms with van der Waals surface area (Å²) in [5, 5.41) is 0.565. The van der Waals surface area contributed by atoms with Gasteiger partial charge in [-0.1, -0.05) is 11.6 Å². The molecule has 2 saturated heterocycles. The van der Waals surface area contributed by atoms with Crippen LogP contribution in [0, 0.1) is 0 Å².